The van der Waals surface area contributed by atoms with E-state index in [-0.39, 0.29) is 11.1 Å². The predicted molar refractivity (Wildman–Crippen MR) is 144 cm³/mol. The van der Waals surface area contributed by atoms with Crippen LogP contribution in [0.15, 0.2) is 28.2 Å². The number of nitrogens with one attached hydrogen (secondary N) is 3. The van der Waals surface area contributed by atoms with Crippen LogP contribution in [0.25, 0.3) is 0 Å². The number of carbonyl (C=O) groups is 1. The lowest BCUT2D eigenvalue weighted by Crippen LogP contribution is -2.43. The molecule has 0 spiro atoms. The van der Waals surface area contributed by atoms with Crippen molar-refractivity contribution in [1.82, 2.24) is 15.5 Å². The third-order valence-electron chi connectivity index (χ3n) is 5.67. The lowest BCUT2D eigenvalue weighted by Gasteiger charge is -2.32. The van der Waals surface area contributed by atoms with Gasteiger partial charge < -0.3 is 15.5 Å². The Bertz CT molecular complexity index is 849. The Balaban J connectivity index is 1.71. The summed E-state index contributed by atoms with van der Waals surface area (Å²) in [5.74, 6) is 1.70. The number of anilines is 1. The number of urea groups is 1. The molecule has 1 aromatic carbocycles. The van der Waals surface area contributed by atoms with Crippen molar-refractivity contribution in [2.75, 3.05) is 32.0 Å². The Morgan fingerprint density at radius 3 is 2.70 bits per heavy atom. The van der Waals surface area contributed by atoms with Crippen molar-refractivity contribution in [3.05, 3.63) is 28.8 Å². The molecule has 1 aliphatic heterocycles. The largest absolute Gasteiger partial charge is 0.341 e. The molecule has 0 saturated carbocycles. The number of nitrogens with zero attached hydrogens (tertiary/aromatic N) is 3. The molecule has 182 valence electrons. The summed E-state index contributed by atoms with van der Waals surface area (Å²) in [5, 5.41) is 9.56. The van der Waals surface area contributed by atoms with E-state index in [0.29, 0.717) is 23.4 Å². The number of carbonyl (C=O) groups excluding carboxylic acids is 1. The van der Waals surface area contributed by atoms with Gasteiger partial charge in [0, 0.05) is 43.6 Å². The molecule has 1 fully saturated rings. The number of likely N-dealkylation sites (tertiary alicyclic amines) is 1. The van der Waals surface area contributed by atoms with Crippen LogP contribution < -0.4 is 16.0 Å². The van der Waals surface area contributed by atoms with Crippen LogP contribution in [0.2, 0.25) is 5.02 Å². The summed E-state index contributed by atoms with van der Waals surface area (Å²) in [6.45, 7) is 8.82. The molecule has 0 radical (unpaired) electrons. The van der Waals surface area contributed by atoms with Gasteiger partial charge in [-0.1, -0.05) is 44.9 Å². The summed E-state index contributed by atoms with van der Waals surface area (Å²) < 4.78 is 0. The second-order valence-electron chi connectivity index (χ2n) is 8.56. The number of hydrogen-bond donors (Lipinski definition) is 3. The molecule has 2 rings (SSSR count). The lowest BCUT2D eigenvalue weighted by molar-refractivity contribution is 0.237. The molecule has 1 aliphatic rings. The summed E-state index contributed by atoms with van der Waals surface area (Å²) in [6, 6.07) is 5.34. The molecular weight excluding hydrogens is 456 g/mol. The third-order valence-corrected chi connectivity index (χ3v) is 6.11. The van der Waals surface area contributed by atoms with Gasteiger partial charge in [-0.05, 0) is 67.4 Å². The number of guanidine groups is 1. The van der Waals surface area contributed by atoms with Crippen molar-refractivity contribution >= 4 is 52.8 Å². The first-order chi connectivity index (χ1) is 15.8. The monoisotopic (exact) mass is 492 g/mol. The number of thiocarbonyl (C=S) groups is 1. The highest BCUT2D eigenvalue weighted by Gasteiger charge is 2.21. The van der Waals surface area contributed by atoms with E-state index < -0.39 is 0 Å². The van der Waals surface area contributed by atoms with E-state index in [1.807, 2.05) is 24.4 Å². The minimum Gasteiger partial charge on any atom is -0.341 e. The molecule has 0 aliphatic carbocycles. The molecule has 9 heteroatoms. The second kappa shape index (κ2) is 14.2. The smallest absolute Gasteiger partial charge is 0.321 e. The number of halogens is 1. The standard InChI is InChI=1S/C24H37ClN6OS/c1-5-6-12-27-22(26-4)31-14-10-18(11-15-31)9-13-28-23(32)30-24(33)29-21-16-19(25)7-8-20(21)17(2)3/h7-8,12,16-18H,5-6,9-11,13-15H2,1-4H3,(H3,28,29,30,32,33)/b26-22+,27-12-. The van der Waals surface area contributed by atoms with Crippen molar-refractivity contribution in [2.45, 2.75) is 58.8 Å². The van der Waals surface area contributed by atoms with Gasteiger partial charge in [-0.2, -0.15) is 0 Å². The Hall–Kier alpha value is -2.19. The predicted octanol–water partition coefficient (Wildman–Crippen LogP) is 5.42. The average molecular weight is 493 g/mol. The Labute approximate surface area is 208 Å². The molecule has 1 aromatic rings. The number of benzene rings is 1. The molecule has 0 bridgehead atoms. The minimum absolute atomic E-state index is 0.250. The fourth-order valence-electron chi connectivity index (χ4n) is 3.81. The van der Waals surface area contributed by atoms with Crippen molar-refractivity contribution in [3.63, 3.8) is 0 Å². The van der Waals surface area contributed by atoms with Crippen LogP contribution in [-0.2, 0) is 0 Å². The van der Waals surface area contributed by atoms with Crippen molar-refractivity contribution in [2.24, 2.45) is 15.9 Å². The zero-order valence-corrected chi connectivity index (χ0v) is 21.7. The average Bonchev–Trinajstić information content (AvgIpc) is 2.77. The fraction of sp³-hybridized carbons (Fsp3) is 0.583. The molecule has 7 nitrogen and oxygen atoms in total. The topological polar surface area (TPSA) is 81.1 Å². The zero-order chi connectivity index (χ0) is 24.2. The van der Waals surface area contributed by atoms with Gasteiger partial charge in [0.1, 0.15) is 0 Å². The molecule has 0 atom stereocenters. The minimum atomic E-state index is -0.302. The number of rotatable bonds is 7. The number of hydrogen-bond acceptors (Lipinski definition) is 3. The van der Waals surface area contributed by atoms with E-state index in [9.17, 15) is 4.79 Å². The summed E-state index contributed by atoms with van der Waals surface area (Å²) in [6.07, 6.45) is 7.08. The number of amides is 2. The summed E-state index contributed by atoms with van der Waals surface area (Å²) in [7, 11) is 1.79. The fourth-order valence-corrected chi connectivity index (χ4v) is 4.18. The van der Waals surface area contributed by atoms with Gasteiger partial charge in [-0.3, -0.25) is 10.3 Å². The lowest BCUT2D eigenvalue weighted by atomic mass is 9.94. The van der Waals surface area contributed by atoms with Crippen LogP contribution in [0.3, 0.4) is 0 Å². The van der Waals surface area contributed by atoms with Gasteiger partial charge in [0.05, 0.1) is 0 Å². The van der Waals surface area contributed by atoms with E-state index in [1.165, 1.54) is 0 Å². The summed E-state index contributed by atoms with van der Waals surface area (Å²) >= 11 is 11.4. The second-order valence-corrected chi connectivity index (χ2v) is 9.41. The summed E-state index contributed by atoms with van der Waals surface area (Å²) in [5.41, 5.74) is 1.89. The zero-order valence-electron chi connectivity index (χ0n) is 20.2. The number of aliphatic imine (C=N–C) groups is 2. The van der Waals surface area contributed by atoms with E-state index in [0.717, 1.165) is 62.4 Å². The molecule has 1 saturated heterocycles. The molecule has 0 aromatic heterocycles. The van der Waals surface area contributed by atoms with Crippen LogP contribution >= 0.6 is 23.8 Å². The summed E-state index contributed by atoms with van der Waals surface area (Å²) in [4.78, 5) is 23.3. The maximum Gasteiger partial charge on any atom is 0.321 e. The van der Waals surface area contributed by atoms with E-state index in [1.54, 1.807) is 7.05 Å². The first-order valence-electron chi connectivity index (χ1n) is 11.7. The highest BCUT2D eigenvalue weighted by molar-refractivity contribution is 7.80. The Kier molecular flexibility index (Phi) is 11.6. The molecular formula is C24H37ClN6OS. The van der Waals surface area contributed by atoms with Crippen molar-refractivity contribution in [1.29, 1.82) is 0 Å². The van der Waals surface area contributed by atoms with Gasteiger partial charge in [0.2, 0.25) is 5.96 Å². The molecule has 0 unspecified atom stereocenters. The van der Waals surface area contributed by atoms with Gasteiger partial charge in [0.25, 0.3) is 0 Å². The quantitative estimate of drug-likeness (QED) is 0.270. The SMILES string of the molecule is CCC/C=N\C(=N/C)N1CCC(CCNC(=O)NC(=S)Nc2cc(Cl)ccc2C(C)C)CC1. The van der Waals surface area contributed by atoms with Crippen molar-refractivity contribution in [3.8, 4) is 0 Å². The van der Waals surface area contributed by atoms with Gasteiger partial charge >= 0.3 is 6.03 Å². The van der Waals surface area contributed by atoms with Crippen molar-refractivity contribution < 1.29 is 4.79 Å². The first-order valence-corrected chi connectivity index (χ1v) is 12.5. The maximum atomic E-state index is 12.3. The third kappa shape index (κ3) is 9.29. The van der Waals surface area contributed by atoms with Crippen LogP contribution in [0.5, 0.6) is 0 Å². The number of unbranched alkanes of at least 4 members (excludes halogenated alkanes) is 1. The van der Waals surface area contributed by atoms with E-state index in [2.05, 4.69) is 51.6 Å². The van der Waals surface area contributed by atoms with Gasteiger partial charge in [0.15, 0.2) is 5.11 Å². The highest BCUT2D eigenvalue weighted by atomic mass is 35.5. The maximum absolute atomic E-state index is 12.3. The normalized spacial score (nSPS) is 15.2. The first kappa shape index (κ1) is 27.1. The molecule has 2 amide bonds. The molecule has 1 heterocycles. The van der Waals surface area contributed by atoms with E-state index >= 15 is 0 Å². The molecule has 33 heavy (non-hydrogen) atoms. The Morgan fingerprint density at radius 1 is 1.33 bits per heavy atom. The van der Waals surface area contributed by atoms with Crippen LogP contribution in [-0.4, -0.2) is 54.9 Å². The van der Waals surface area contributed by atoms with Gasteiger partial charge in [-0.15, -0.1) is 0 Å². The van der Waals surface area contributed by atoms with Gasteiger partial charge in [-0.25, -0.2) is 9.79 Å². The van der Waals surface area contributed by atoms with E-state index in [4.69, 9.17) is 23.8 Å². The number of piperidine rings is 1. The molecule has 3 N–H and O–H groups in total. The van der Waals surface area contributed by atoms with Crippen LogP contribution in [0, 0.1) is 5.92 Å². The highest BCUT2D eigenvalue weighted by Crippen LogP contribution is 2.27. The Morgan fingerprint density at radius 2 is 2.06 bits per heavy atom. The van der Waals surface area contributed by atoms with Crippen LogP contribution in [0.1, 0.15) is 64.4 Å². The van der Waals surface area contributed by atoms with Crippen LogP contribution in [0.4, 0.5) is 10.5 Å².